The zero-order valence-corrected chi connectivity index (χ0v) is 13.3. The van der Waals surface area contributed by atoms with Crippen LogP contribution in [0.5, 0.6) is 5.75 Å². The largest absolute Gasteiger partial charge is 0.489 e. The standard InChI is InChI=1S/C17H18FN3O3/c1-11-8-20-15(9-19-11)17(22)21-14-7-12(18)4-5-16(14)24-10-13-3-2-6-23-13/h4-5,7-9,13H,2-3,6,10H2,1H3,(H,21,22)/t13-/m1/s1. The number of nitrogens with zero attached hydrogens (tertiary/aromatic N) is 2. The predicted octanol–water partition coefficient (Wildman–Crippen LogP) is 2.73. The number of aryl methyl sites for hydroxylation is 1. The van der Waals surface area contributed by atoms with E-state index >= 15 is 0 Å². The van der Waals surface area contributed by atoms with E-state index in [9.17, 15) is 9.18 Å². The molecule has 126 valence electrons. The fourth-order valence-corrected chi connectivity index (χ4v) is 2.38. The van der Waals surface area contributed by atoms with E-state index in [1.54, 1.807) is 6.92 Å². The van der Waals surface area contributed by atoms with E-state index in [-0.39, 0.29) is 17.5 Å². The Hall–Kier alpha value is -2.54. The second-order valence-electron chi connectivity index (χ2n) is 5.58. The predicted molar refractivity (Wildman–Crippen MR) is 85.6 cm³/mol. The van der Waals surface area contributed by atoms with Crippen molar-refractivity contribution in [2.75, 3.05) is 18.5 Å². The highest BCUT2D eigenvalue weighted by molar-refractivity contribution is 6.03. The van der Waals surface area contributed by atoms with Crippen LogP contribution in [0.25, 0.3) is 0 Å². The highest BCUT2D eigenvalue weighted by atomic mass is 19.1. The molecule has 0 saturated carbocycles. The fourth-order valence-electron chi connectivity index (χ4n) is 2.38. The molecule has 1 N–H and O–H groups in total. The number of hydrogen-bond acceptors (Lipinski definition) is 5. The topological polar surface area (TPSA) is 73.3 Å². The van der Waals surface area contributed by atoms with Crippen LogP contribution in [-0.4, -0.2) is 35.2 Å². The van der Waals surface area contributed by atoms with Gasteiger partial charge in [-0.3, -0.25) is 9.78 Å². The van der Waals surface area contributed by atoms with Gasteiger partial charge in [-0.1, -0.05) is 0 Å². The van der Waals surface area contributed by atoms with Gasteiger partial charge in [-0.2, -0.15) is 0 Å². The summed E-state index contributed by atoms with van der Waals surface area (Å²) in [6.07, 6.45) is 4.84. The van der Waals surface area contributed by atoms with E-state index in [2.05, 4.69) is 15.3 Å². The van der Waals surface area contributed by atoms with Gasteiger partial charge in [0.25, 0.3) is 5.91 Å². The lowest BCUT2D eigenvalue weighted by atomic mass is 10.2. The van der Waals surface area contributed by atoms with Gasteiger partial charge in [0.2, 0.25) is 0 Å². The van der Waals surface area contributed by atoms with Gasteiger partial charge >= 0.3 is 0 Å². The van der Waals surface area contributed by atoms with E-state index in [0.717, 1.165) is 19.4 Å². The molecule has 2 aromatic rings. The van der Waals surface area contributed by atoms with Crippen LogP contribution in [0.4, 0.5) is 10.1 Å². The third kappa shape index (κ3) is 4.05. The van der Waals surface area contributed by atoms with Crippen molar-refractivity contribution in [3.8, 4) is 5.75 Å². The summed E-state index contributed by atoms with van der Waals surface area (Å²) in [6, 6.07) is 3.98. The zero-order valence-electron chi connectivity index (χ0n) is 13.3. The van der Waals surface area contributed by atoms with Crippen molar-refractivity contribution < 1.29 is 18.7 Å². The fraction of sp³-hybridized carbons (Fsp3) is 0.353. The third-order valence-corrected chi connectivity index (χ3v) is 3.65. The van der Waals surface area contributed by atoms with Crippen molar-refractivity contribution in [2.45, 2.75) is 25.9 Å². The Bertz CT molecular complexity index is 716. The molecule has 0 unspecified atom stereocenters. The first-order valence-corrected chi connectivity index (χ1v) is 7.76. The Labute approximate surface area is 139 Å². The lowest BCUT2D eigenvalue weighted by Crippen LogP contribution is -2.18. The van der Waals surface area contributed by atoms with Crippen LogP contribution in [0.1, 0.15) is 29.0 Å². The van der Waals surface area contributed by atoms with Gasteiger partial charge < -0.3 is 14.8 Å². The number of nitrogens with one attached hydrogen (secondary N) is 1. The van der Waals surface area contributed by atoms with Crippen LogP contribution in [0, 0.1) is 12.7 Å². The second kappa shape index (κ2) is 7.35. The molecule has 0 bridgehead atoms. The van der Waals surface area contributed by atoms with Crippen LogP contribution in [0.2, 0.25) is 0 Å². The molecule has 1 atom stereocenters. The number of amides is 1. The molecule has 1 aromatic heterocycles. The minimum absolute atomic E-state index is 0.0292. The number of carbonyl (C=O) groups excluding carboxylic acids is 1. The summed E-state index contributed by atoms with van der Waals surface area (Å²) in [4.78, 5) is 20.3. The van der Waals surface area contributed by atoms with E-state index in [1.807, 2.05) is 0 Å². The quantitative estimate of drug-likeness (QED) is 0.912. The van der Waals surface area contributed by atoms with Crippen LogP contribution >= 0.6 is 0 Å². The van der Waals surface area contributed by atoms with E-state index in [0.29, 0.717) is 18.1 Å². The first kappa shape index (κ1) is 16.3. The zero-order chi connectivity index (χ0) is 16.9. The number of carbonyl (C=O) groups is 1. The van der Waals surface area contributed by atoms with Crippen molar-refractivity contribution in [1.82, 2.24) is 9.97 Å². The van der Waals surface area contributed by atoms with Gasteiger partial charge in [-0.15, -0.1) is 0 Å². The molecule has 2 heterocycles. The van der Waals surface area contributed by atoms with Crippen LogP contribution in [0.3, 0.4) is 0 Å². The molecule has 7 heteroatoms. The lowest BCUT2D eigenvalue weighted by molar-refractivity contribution is 0.0681. The van der Waals surface area contributed by atoms with Crippen molar-refractivity contribution in [3.63, 3.8) is 0 Å². The normalized spacial score (nSPS) is 16.8. The third-order valence-electron chi connectivity index (χ3n) is 3.65. The molecule has 1 aromatic carbocycles. The highest BCUT2D eigenvalue weighted by Gasteiger charge is 2.18. The minimum Gasteiger partial charge on any atom is -0.489 e. The number of aromatic nitrogens is 2. The summed E-state index contributed by atoms with van der Waals surface area (Å²) in [6.45, 7) is 2.87. The average molecular weight is 331 g/mol. The molecule has 1 fully saturated rings. The number of halogens is 1. The monoisotopic (exact) mass is 331 g/mol. The second-order valence-corrected chi connectivity index (χ2v) is 5.58. The van der Waals surface area contributed by atoms with E-state index in [1.165, 1.54) is 30.6 Å². The molecule has 1 amide bonds. The maximum absolute atomic E-state index is 13.5. The molecule has 3 rings (SSSR count). The molecule has 0 aliphatic carbocycles. The Morgan fingerprint density at radius 2 is 2.29 bits per heavy atom. The van der Waals surface area contributed by atoms with Gasteiger partial charge in [0.15, 0.2) is 0 Å². The summed E-state index contributed by atoms with van der Waals surface area (Å²) < 4.78 is 24.7. The van der Waals surface area contributed by atoms with Gasteiger partial charge in [0, 0.05) is 18.9 Å². The Morgan fingerprint density at radius 1 is 1.42 bits per heavy atom. The van der Waals surface area contributed by atoms with Crippen molar-refractivity contribution in [1.29, 1.82) is 0 Å². The summed E-state index contributed by atoms with van der Waals surface area (Å²) >= 11 is 0. The van der Waals surface area contributed by atoms with Crippen molar-refractivity contribution in [3.05, 3.63) is 47.8 Å². The summed E-state index contributed by atoms with van der Waals surface area (Å²) in [7, 11) is 0. The van der Waals surface area contributed by atoms with Crippen LogP contribution in [0.15, 0.2) is 30.6 Å². The molecule has 0 radical (unpaired) electrons. The summed E-state index contributed by atoms with van der Waals surface area (Å²) in [5, 5.41) is 2.62. The summed E-state index contributed by atoms with van der Waals surface area (Å²) in [5.41, 5.74) is 1.10. The lowest BCUT2D eigenvalue weighted by Gasteiger charge is -2.15. The Kier molecular flexibility index (Phi) is 5.00. The number of benzene rings is 1. The molecule has 0 spiro atoms. The van der Waals surface area contributed by atoms with E-state index < -0.39 is 11.7 Å². The molecule has 24 heavy (non-hydrogen) atoms. The number of anilines is 1. The Balaban J connectivity index is 1.72. The Morgan fingerprint density at radius 3 is 3.00 bits per heavy atom. The molecule has 1 aliphatic rings. The SMILES string of the molecule is Cc1cnc(C(=O)Nc2cc(F)ccc2OC[C@H]2CCCO2)cn1. The first-order chi connectivity index (χ1) is 11.6. The first-order valence-electron chi connectivity index (χ1n) is 7.76. The van der Waals surface area contributed by atoms with Gasteiger partial charge in [0.1, 0.15) is 23.9 Å². The van der Waals surface area contributed by atoms with Gasteiger partial charge in [0.05, 0.1) is 23.7 Å². The molecular formula is C17H18FN3O3. The maximum atomic E-state index is 13.5. The van der Waals surface area contributed by atoms with Crippen molar-refractivity contribution in [2.24, 2.45) is 0 Å². The van der Waals surface area contributed by atoms with E-state index in [4.69, 9.17) is 9.47 Å². The smallest absolute Gasteiger partial charge is 0.275 e. The number of hydrogen-bond donors (Lipinski definition) is 1. The van der Waals surface area contributed by atoms with Gasteiger partial charge in [-0.25, -0.2) is 9.37 Å². The summed E-state index contributed by atoms with van der Waals surface area (Å²) in [5.74, 6) is -0.555. The molecular weight excluding hydrogens is 313 g/mol. The number of ether oxygens (including phenoxy) is 2. The van der Waals surface area contributed by atoms with Crippen LogP contribution in [-0.2, 0) is 4.74 Å². The van der Waals surface area contributed by atoms with Crippen molar-refractivity contribution >= 4 is 11.6 Å². The minimum atomic E-state index is -0.477. The molecule has 1 saturated heterocycles. The van der Waals surface area contributed by atoms with Gasteiger partial charge in [-0.05, 0) is 31.9 Å². The molecule has 6 nitrogen and oxygen atoms in total. The maximum Gasteiger partial charge on any atom is 0.275 e. The molecule has 1 aliphatic heterocycles. The highest BCUT2D eigenvalue weighted by Crippen LogP contribution is 2.27. The van der Waals surface area contributed by atoms with Crippen LogP contribution < -0.4 is 10.1 Å². The average Bonchev–Trinajstić information content (AvgIpc) is 3.08. The number of rotatable bonds is 5.